The summed E-state index contributed by atoms with van der Waals surface area (Å²) in [5.74, 6) is 1.95. The Morgan fingerprint density at radius 3 is 1.47 bits per heavy atom. The van der Waals surface area contributed by atoms with Crippen molar-refractivity contribution in [2.75, 3.05) is 0 Å². The molecular weight excluding hydrogens is 755 g/mol. The summed E-state index contributed by atoms with van der Waals surface area (Å²) in [7, 11) is 0. The van der Waals surface area contributed by atoms with Crippen molar-refractivity contribution >= 4 is 75.9 Å². The van der Waals surface area contributed by atoms with Crippen molar-refractivity contribution in [2.45, 2.75) is 0 Å². The van der Waals surface area contributed by atoms with E-state index >= 15 is 0 Å². The molecule has 0 N–H and O–H groups in total. The molecule has 0 fully saturated rings. The summed E-state index contributed by atoms with van der Waals surface area (Å²) in [6, 6.07) is 75.9. The molecule has 62 heavy (non-hydrogen) atoms. The molecule has 0 aliphatic rings. The van der Waals surface area contributed by atoms with Crippen LogP contribution in [0.25, 0.3) is 121 Å². The number of aromatic nitrogens is 5. The first-order valence-corrected chi connectivity index (χ1v) is 21.0. The summed E-state index contributed by atoms with van der Waals surface area (Å²) in [5.41, 5.74) is 9.84. The number of nitrogens with zero attached hydrogens (tertiary/aromatic N) is 5. The van der Waals surface area contributed by atoms with E-state index in [0.29, 0.717) is 17.5 Å². The lowest BCUT2D eigenvalue weighted by atomic mass is 10.0. The van der Waals surface area contributed by atoms with Gasteiger partial charge >= 0.3 is 0 Å². The summed E-state index contributed by atoms with van der Waals surface area (Å²) < 4.78 is 4.90. The molecule has 5 heteroatoms. The van der Waals surface area contributed by atoms with Gasteiger partial charge < -0.3 is 9.13 Å². The summed E-state index contributed by atoms with van der Waals surface area (Å²) in [6.45, 7) is 0. The highest BCUT2D eigenvalue weighted by molar-refractivity contribution is 6.25. The van der Waals surface area contributed by atoms with Crippen LogP contribution in [0.2, 0.25) is 0 Å². The van der Waals surface area contributed by atoms with E-state index in [4.69, 9.17) is 15.0 Å². The van der Waals surface area contributed by atoms with Gasteiger partial charge in [0.05, 0.1) is 22.1 Å². The fourth-order valence-electron chi connectivity index (χ4n) is 9.57. The van der Waals surface area contributed by atoms with Crippen LogP contribution in [0.3, 0.4) is 0 Å². The Morgan fingerprint density at radius 1 is 0.258 bits per heavy atom. The number of hydrogen-bond acceptors (Lipinski definition) is 3. The van der Waals surface area contributed by atoms with E-state index in [9.17, 15) is 0 Å². The molecule has 0 amide bonds. The number of para-hydroxylation sites is 1. The largest absolute Gasteiger partial charge is 0.309 e. The first-order valence-electron chi connectivity index (χ1n) is 21.0. The molecule has 10 aromatic carbocycles. The smallest absolute Gasteiger partial charge is 0.164 e. The van der Waals surface area contributed by atoms with Gasteiger partial charge in [0.2, 0.25) is 0 Å². The molecule has 13 aromatic rings. The van der Waals surface area contributed by atoms with Crippen molar-refractivity contribution in [3.05, 3.63) is 212 Å². The lowest BCUT2D eigenvalue weighted by molar-refractivity contribution is 1.07. The Hall–Kier alpha value is -8.41. The van der Waals surface area contributed by atoms with Gasteiger partial charge in [-0.15, -0.1) is 0 Å². The third kappa shape index (κ3) is 5.38. The molecule has 3 heterocycles. The van der Waals surface area contributed by atoms with Gasteiger partial charge in [-0.2, -0.15) is 0 Å². The number of benzene rings is 10. The Morgan fingerprint density at radius 2 is 0.742 bits per heavy atom. The average molecular weight is 790 g/mol. The Bertz CT molecular complexity index is 3860. The molecule has 0 aliphatic heterocycles. The van der Waals surface area contributed by atoms with Gasteiger partial charge in [-0.3, -0.25) is 0 Å². The summed E-state index contributed by atoms with van der Waals surface area (Å²) >= 11 is 0. The molecule has 0 unspecified atom stereocenters. The highest BCUT2D eigenvalue weighted by atomic mass is 15.0. The molecule has 0 aliphatic carbocycles. The third-order valence-electron chi connectivity index (χ3n) is 12.5. The standard InChI is InChI=1S/C57H35N5/c1-3-15-38(16-4-1)55-58-56(39-17-5-2-6-18-39)60-57(59-55)43-24-23-42-33-44(29-26-41(42)31-43)61-50-22-12-11-21-47(50)48-34-53-49(35-52(48)61)54-46-20-10-9-14-37(46)27-30-51(54)62(53)45-28-25-36-13-7-8-19-40(36)32-45/h1-35H. The lowest BCUT2D eigenvalue weighted by Gasteiger charge is -2.12. The predicted molar refractivity (Wildman–Crippen MR) is 257 cm³/mol. The van der Waals surface area contributed by atoms with Crippen LogP contribution >= 0.6 is 0 Å². The molecule has 0 bridgehead atoms. The van der Waals surface area contributed by atoms with Crippen LogP contribution in [-0.2, 0) is 0 Å². The first-order chi connectivity index (χ1) is 30.7. The lowest BCUT2D eigenvalue weighted by Crippen LogP contribution is -2.00. The highest BCUT2D eigenvalue weighted by Crippen LogP contribution is 2.42. The molecule has 0 saturated carbocycles. The van der Waals surface area contributed by atoms with Crippen molar-refractivity contribution in [3.63, 3.8) is 0 Å². The average Bonchev–Trinajstić information content (AvgIpc) is 3.85. The summed E-state index contributed by atoms with van der Waals surface area (Å²) in [6.07, 6.45) is 0. The van der Waals surface area contributed by atoms with Crippen molar-refractivity contribution in [3.8, 4) is 45.5 Å². The monoisotopic (exact) mass is 789 g/mol. The van der Waals surface area contributed by atoms with Crippen molar-refractivity contribution in [1.82, 2.24) is 24.1 Å². The number of hydrogen-bond donors (Lipinski definition) is 0. The maximum atomic E-state index is 5.00. The van der Waals surface area contributed by atoms with Crippen molar-refractivity contribution in [1.29, 1.82) is 0 Å². The van der Waals surface area contributed by atoms with Gasteiger partial charge in [-0.25, -0.2) is 15.0 Å². The number of rotatable bonds is 5. The van der Waals surface area contributed by atoms with E-state index in [-0.39, 0.29) is 0 Å². The zero-order valence-electron chi connectivity index (χ0n) is 33.4. The quantitative estimate of drug-likeness (QED) is 0.174. The minimum absolute atomic E-state index is 0.644. The van der Waals surface area contributed by atoms with Crippen LogP contribution in [0.4, 0.5) is 0 Å². The summed E-state index contributed by atoms with van der Waals surface area (Å²) in [5, 5.41) is 12.1. The van der Waals surface area contributed by atoms with Crippen LogP contribution in [-0.4, -0.2) is 24.1 Å². The van der Waals surface area contributed by atoms with Gasteiger partial charge in [0.25, 0.3) is 0 Å². The Balaban J connectivity index is 1.01. The first kappa shape index (κ1) is 34.5. The zero-order valence-corrected chi connectivity index (χ0v) is 33.4. The molecule has 0 radical (unpaired) electrons. The Labute approximate surface area is 356 Å². The molecule has 0 atom stereocenters. The van der Waals surface area contributed by atoms with E-state index < -0.39 is 0 Å². The van der Waals surface area contributed by atoms with Gasteiger partial charge in [-0.1, -0.05) is 158 Å². The number of fused-ring (bicyclic) bond motifs is 10. The van der Waals surface area contributed by atoms with E-state index in [1.165, 1.54) is 65.2 Å². The van der Waals surface area contributed by atoms with Gasteiger partial charge in [-0.05, 0) is 86.9 Å². The fraction of sp³-hybridized carbons (Fsp3) is 0. The maximum Gasteiger partial charge on any atom is 0.164 e. The van der Waals surface area contributed by atoms with Crippen molar-refractivity contribution < 1.29 is 0 Å². The fourth-order valence-corrected chi connectivity index (χ4v) is 9.57. The van der Waals surface area contributed by atoms with Crippen LogP contribution in [0.1, 0.15) is 0 Å². The molecule has 0 saturated heterocycles. The third-order valence-corrected chi connectivity index (χ3v) is 12.5. The Kier molecular flexibility index (Phi) is 7.54. The predicted octanol–water partition coefficient (Wildman–Crippen LogP) is 14.5. The second-order valence-corrected chi connectivity index (χ2v) is 16.1. The van der Waals surface area contributed by atoms with Crippen LogP contribution in [0.5, 0.6) is 0 Å². The van der Waals surface area contributed by atoms with Crippen LogP contribution in [0.15, 0.2) is 212 Å². The molecule has 288 valence electrons. The maximum absolute atomic E-state index is 5.00. The van der Waals surface area contributed by atoms with Crippen molar-refractivity contribution in [2.24, 2.45) is 0 Å². The molecular formula is C57H35N5. The van der Waals surface area contributed by atoms with Gasteiger partial charge in [0.15, 0.2) is 17.5 Å². The molecule has 0 spiro atoms. The van der Waals surface area contributed by atoms with E-state index in [1.807, 2.05) is 60.7 Å². The second kappa shape index (κ2) is 13.6. The zero-order chi connectivity index (χ0) is 40.7. The van der Waals surface area contributed by atoms with E-state index in [0.717, 1.165) is 38.8 Å². The van der Waals surface area contributed by atoms with E-state index in [2.05, 4.69) is 161 Å². The highest BCUT2D eigenvalue weighted by Gasteiger charge is 2.21. The normalized spacial score (nSPS) is 11.9. The molecule has 13 rings (SSSR count). The summed E-state index contributed by atoms with van der Waals surface area (Å²) in [4.78, 5) is 14.9. The minimum Gasteiger partial charge on any atom is -0.309 e. The van der Waals surface area contributed by atoms with Gasteiger partial charge in [0, 0.05) is 49.6 Å². The second-order valence-electron chi connectivity index (χ2n) is 16.1. The van der Waals surface area contributed by atoms with Gasteiger partial charge in [0.1, 0.15) is 0 Å². The SMILES string of the molecule is c1ccc(-c2nc(-c3ccccc3)nc(-c3ccc4cc(-n5c6ccccc6c6cc7c(cc65)c5c6ccccc6ccc5n7-c5ccc6ccccc6c5)ccc4c3)n2)cc1. The van der Waals surface area contributed by atoms with Crippen LogP contribution < -0.4 is 0 Å². The van der Waals surface area contributed by atoms with E-state index in [1.54, 1.807) is 0 Å². The minimum atomic E-state index is 0.644. The van der Waals surface area contributed by atoms with Crippen LogP contribution in [0, 0.1) is 0 Å². The topological polar surface area (TPSA) is 48.5 Å². The molecule has 3 aromatic heterocycles. The molecule has 5 nitrogen and oxygen atoms in total.